The number of aryl methyl sites for hydroxylation is 1. The van der Waals surface area contributed by atoms with Crippen molar-refractivity contribution in [3.05, 3.63) is 47.8 Å². The van der Waals surface area contributed by atoms with Crippen LogP contribution in [0.25, 0.3) is 0 Å². The number of carbonyl (C=O) groups is 1. The molecule has 22 heavy (non-hydrogen) atoms. The van der Waals surface area contributed by atoms with Gasteiger partial charge in [-0.25, -0.2) is 0 Å². The standard InChI is InChI=1S/C16H20N4O2/c1-19-9-7-14(18-19)16(21)20-10-8-17-11-15(20)12-3-5-13(22-2)6-4-12/h3-7,9,15,17H,8,10-11H2,1-2H3. The van der Waals surface area contributed by atoms with Gasteiger partial charge < -0.3 is 15.0 Å². The third-order valence-corrected chi connectivity index (χ3v) is 3.94. The zero-order valence-electron chi connectivity index (χ0n) is 12.8. The number of benzene rings is 1. The summed E-state index contributed by atoms with van der Waals surface area (Å²) in [4.78, 5) is 14.6. The maximum atomic E-state index is 12.7. The number of piperazine rings is 1. The molecule has 1 N–H and O–H groups in total. The SMILES string of the molecule is COc1ccc(C2CNCCN2C(=O)c2ccn(C)n2)cc1. The Hall–Kier alpha value is -2.34. The quantitative estimate of drug-likeness (QED) is 0.926. The number of aromatic nitrogens is 2. The zero-order chi connectivity index (χ0) is 15.5. The van der Waals surface area contributed by atoms with Gasteiger partial charge in [-0.15, -0.1) is 0 Å². The summed E-state index contributed by atoms with van der Waals surface area (Å²) in [5, 5.41) is 7.58. The third kappa shape index (κ3) is 2.82. The molecule has 6 heteroatoms. The van der Waals surface area contributed by atoms with E-state index in [0.29, 0.717) is 12.2 Å². The van der Waals surface area contributed by atoms with Crippen LogP contribution in [0.2, 0.25) is 0 Å². The van der Waals surface area contributed by atoms with Crippen molar-refractivity contribution in [2.45, 2.75) is 6.04 Å². The molecule has 0 bridgehead atoms. The van der Waals surface area contributed by atoms with Gasteiger partial charge >= 0.3 is 0 Å². The number of hydrogen-bond acceptors (Lipinski definition) is 4. The average Bonchev–Trinajstić information content (AvgIpc) is 3.01. The number of nitrogens with zero attached hydrogens (tertiary/aromatic N) is 3. The fourth-order valence-corrected chi connectivity index (χ4v) is 2.75. The van der Waals surface area contributed by atoms with Crippen LogP contribution in [-0.4, -0.2) is 47.3 Å². The number of hydrogen-bond donors (Lipinski definition) is 1. The predicted octanol–water partition coefficient (Wildman–Crippen LogP) is 1.22. The van der Waals surface area contributed by atoms with E-state index in [4.69, 9.17) is 4.74 Å². The molecule has 1 aliphatic rings. The van der Waals surface area contributed by atoms with Crippen molar-refractivity contribution in [2.24, 2.45) is 7.05 Å². The van der Waals surface area contributed by atoms with Crippen molar-refractivity contribution in [3.63, 3.8) is 0 Å². The highest BCUT2D eigenvalue weighted by Crippen LogP contribution is 2.25. The first kappa shape index (κ1) is 14.6. The summed E-state index contributed by atoms with van der Waals surface area (Å²) in [6, 6.07) is 9.63. The van der Waals surface area contributed by atoms with Crippen LogP contribution in [0.1, 0.15) is 22.1 Å². The van der Waals surface area contributed by atoms with E-state index in [2.05, 4.69) is 10.4 Å². The Bertz CT molecular complexity index is 650. The Balaban J connectivity index is 1.85. The highest BCUT2D eigenvalue weighted by atomic mass is 16.5. The maximum absolute atomic E-state index is 12.7. The fraction of sp³-hybridized carbons (Fsp3) is 0.375. The van der Waals surface area contributed by atoms with E-state index in [-0.39, 0.29) is 11.9 Å². The lowest BCUT2D eigenvalue weighted by atomic mass is 10.0. The van der Waals surface area contributed by atoms with Gasteiger partial charge in [0.1, 0.15) is 11.4 Å². The molecular weight excluding hydrogens is 280 g/mol. The van der Waals surface area contributed by atoms with Crippen LogP contribution in [-0.2, 0) is 7.05 Å². The number of methoxy groups -OCH3 is 1. The lowest BCUT2D eigenvalue weighted by molar-refractivity contribution is 0.0627. The van der Waals surface area contributed by atoms with E-state index in [1.54, 1.807) is 24.1 Å². The van der Waals surface area contributed by atoms with E-state index in [1.807, 2.05) is 36.2 Å². The van der Waals surface area contributed by atoms with E-state index < -0.39 is 0 Å². The summed E-state index contributed by atoms with van der Waals surface area (Å²) < 4.78 is 6.84. The summed E-state index contributed by atoms with van der Waals surface area (Å²) >= 11 is 0. The molecule has 116 valence electrons. The monoisotopic (exact) mass is 300 g/mol. The number of amides is 1. The van der Waals surface area contributed by atoms with Crippen molar-refractivity contribution >= 4 is 5.91 Å². The summed E-state index contributed by atoms with van der Waals surface area (Å²) in [5.41, 5.74) is 1.58. The molecule has 0 radical (unpaired) electrons. The summed E-state index contributed by atoms with van der Waals surface area (Å²) in [5.74, 6) is 0.790. The summed E-state index contributed by atoms with van der Waals surface area (Å²) in [6.07, 6.45) is 1.79. The van der Waals surface area contributed by atoms with Gasteiger partial charge in [-0.2, -0.15) is 5.10 Å². The largest absolute Gasteiger partial charge is 0.497 e. The molecule has 1 aliphatic heterocycles. The molecule has 3 rings (SSSR count). The van der Waals surface area contributed by atoms with Crippen molar-refractivity contribution in [3.8, 4) is 5.75 Å². The van der Waals surface area contributed by atoms with Gasteiger partial charge in [-0.05, 0) is 23.8 Å². The van der Waals surface area contributed by atoms with Gasteiger partial charge in [0, 0.05) is 32.9 Å². The molecule has 1 aromatic carbocycles. The average molecular weight is 300 g/mol. The Morgan fingerprint density at radius 3 is 2.73 bits per heavy atom. The van der Waals surface area contributed by atoms with Crippen molar-refractivity contribution in [1.29, 1.82) is 0 Å². The Labute approximate surface area is 129 Å². The van der Waals surface area contributed by atoms with Gasteiger partial charge in [0.05, 0.1) is 13.2 Å². The van der Waals surface area contributed by atoms with Gasteiger partial charge in [0.25, 0.3) is 5.91 Å². The molecule has 1 amide bonds. The fourth-order valence-electron chi connectivity index (χ4n) is 2.75. The Kier molecular flexibility index (Phi) is 4.11. The van der Waals surface area contributed by atoms with Crippen LogP contribution in [0, 0.1) is 0 Å². The van der Waals surface area contributed by atoms with Crippen LogP contribution in [0.15, 0.2) is 36.5 Å². The first-order valence-electron chi connectivity index (χ1n) is 7.34. The number of carbonyl (C=O) groups excluding carboxylic acids is 1. The minimum absolute atomic E-state index is 0.00848. The molecule has 0 aliphatic carbocycles. The summed E-state index contributed by atoms with van der Waals surface area (Å²) in [7, 11) is 3.46. The van der Waals surface area contributed by atoms with Crippen LogP contribution >= 0.6 is 0 Å². The molecular formula is C16H20N4O2. The minimum atomic E-state index is -0.0251. The van der Waals surface area contributed by atoms with Crippen LogP contribution in [0.5, 0.6) is 5.75 Å². The van der Waals surface area contributed by atoms with E-state index >= 15 is 0 Å². The maximum Gasteiger partial charge on any atom is 0.274 e. The van der Waals surface area contributed by atoms with Crippen molar-refractivity contribution < 1.29 is 9.53 Å². The lowest BCUT2D eigenvalue weighted by Crippen LogP contribution is -2.48. The van der Waals surface area contributed by atoms with E-state index in [0.717, 1.165) is 24.4 Å². The molecule has 2 heterocycles. The second-order valence-electron chi connectivity index (χ2n) is 5.37. The van der Waals surface area contributed by atoms with Crippen LogP contribution < -0.4 is 10.1 Å². The predicted molar refractivity (Wildman–Crippen MR) is 82.8 cm³/mol. The first-order chi connectivity index (χ1) is 10.7. The van der Waals surface area contributed by atoms with Crippen molar-refractivity contribution in [1.82, 2.24) is 20.0 Å². The summed E-state index contributed by atoms with van der Waals surface area (Å²) in [6.45, 7) is 2.21. The van der Waals surface area contributed by atoms with Crippen LogP contribution in [0.3, 0.4) is 0 Å². The van der Waals surface area contributed by atoms with Crippen LogP contribution in [0.4, 0.5) is 0 Å². The third-order valence-electron chi connectivity index (χ3n) is 3.94. The Morgan fingerprint density at radius 2 is 2.09 bits per heavy atom. The van der Waals surface area contributed by atoms with Gasteiger partial charge in [0.15, 0.2) is 0 Å². The van der Waals surface area contributed by atoms with Crippen molar-refractivity contribution in [2.75, 3.05) is 26.7 Å². The second kappa shape index (κ2) is 6.19. The Morgan fingerprint density at radius 1 is 1.32 bits per heavy atom. The number of ether oxygens (including phenoxy) is 1. The minimum Gasteiger partial charge on any atom is -0.497 e. The lowest BCUT2D eigenvalue weighted by Gasteiger charge is -2.36. The molecule has 6 nitrogen and oxygen atoms in total. The topological polar surface area (TPSA) is 59.4 Å². The van der Waals surface area contributed by atoms with E-state index in [1.165, 1.54) is 0 Å². The molecule has 2 aromatic rings. The molecule has 0 saturated carbocycles. The van der Waals surface area contributed by atoms with Gasteiger partial charge in [-0.3, -0.25) is 9.48 Å². The molecule has 1 unspecified atom stereocenters. The van der Waals surface area contributed by atoms with Gasteiger partial charge in [-0.1, -0.05) is 12.1 Å². The molecule has 1 atom stereocenters. The number of nitrogens with one attached hydrogen (secondary N) is 1. The molecule has 0 spiro atoms. The van der Waals surface area contributed by atoms with Gasteiger partial charge in [0.2, 0.25) is 0 Å². The number of rotatable bonds is 3. The first-order valence-corrected chi connectivity index (χ1v) is 7.34. The highest BCUT2D eigenvalue weighted by molar-refractivity contribution is 5.92. The molecule has 1 aromatic heterocycles. The molecule has 1 saturated heterocycles. The zero-order valence-corrected chi connectivity index (χ0v) is 12.8. The second-order valence-corrected chi connectivity index (χ2v) is 5.37. The van der Waals surface area contributed by atoms with E-state index in [9.17, 15) is 4.79 Å². The highest BCUT2D eigenvalue weighted by Gasteiger charge is 2.29. The molecule has 1 fully saturated rings. The smallest absolute Gasteiger partial charge is 0.274 e. The normalized spacial score (nSPS) is 18.3.